The maximum absolute atomic E-state index is 14.3. The highest BCUT2D eigenvalue weighted by atomic mass is 16.5. The first-order valence-electron chi connectivity index (χ1n) is 16.1. The van der Waals surface area contributed by atoms with Gasteiger partial charge in [0, 0.05) is 37.8 Å². The zero-order valence-corrected chi connectivity index (χ0v) is 27.9. The number of aliphatic hydroxyl groups is 1. The summed E-state index contributed by atoms with van der Waals surface area (Å²) in [5.41, 5.74) is 3.00. The molecular weight excluding hydrogens is 586 g/mol. The van der Waals surface area contributed by atoms with Crippen molar-refractivity contribution in [2.45, 2.75) is 78.7 Å². The van der Waals surface area contributed by atoms with Crippen LogP contribution in [0.1, 0.15) is 67.4 Å². The highest BCUT2D eigenvalue weighted by molar-refractivity contribution is 6.03. The lowest BCUT2D eigenvalue weighted by atomic mass is 10.0. The quantitative estimate of drug-likeness (QED) is 0.281. The molecule has 3 amide bonds. The molecule has 0 saturated carbocycles. The topological polar surface area (TPSA) is 129 Å². The van der Waals surface area contributed by atoms with Gasteiger partial charge < -0.3 is 34.6 Å². The maximum atomic E-state index is 14.3. The Morgan fingerprint density at radius 3 is 2.59 bits per heavy atom. The number of hydrogen-bond donors (Lipinski definition) is 3. The Morgan fingerprint density at radius 2 is 1.89 bits per heavy atom. The van der Waals surface area contributed by atoms with E-state index in [1.807, 2.05) is 32.0 Å². The van der Waals surface area contributed by atoms with Crippen molar-refractivity contribution in [3.8, 4) is 5.75 Å². The van der Waals surface area contributed by atoms with Crippen molar-refractivity contribution in [3.63, 3.8) is 0 Å². The molecule has 3 N–H and O–H groups in total. The number of nitrogens with one attached hydrogen (secondary N) is 2. The van der Waals surface area contributed by atoms with Crippen molar-refractivity contribution in [1.82, 2.24) is 15.0 Å². The van der Waals surface area contributed by atoms with Crippen LogP contribution in [0.25, 0.3) is 0 Å². The average molecular weight is 636 g/mol. The van der Waals surface area contributed by atoms with Gasteiger partial charge in [0.15, 0.2) is 5.76 Å². The predicted octanol–water partition coefficient (Wildman–Crippen LogP) is 5.86. The number of amides is 3. The van der Waals surface area contributed by atoms with E-state index < -0.39 is 12.1 Å². The van der Waals surface area contributed by atoms with E-state index in [1.54, 1.807) is 36.9 Å². The van der Waals surface area contributed by atoms with Gasteiger partial charge in [0.25, 0.3) is 5.91 Å². The SMILES string of the molecule is Cc1noc(C)c1NC(=O)Nc1ccc2c(c1)C(=O)N([C@@H](C)CO)C[C@@H](C)[C@H](CN(C)Cc1ccccc1)OCCCC[C@H](C)O2. The normalized spacial score (nSPS) is 20.4. The van der Waals surface area contributed by atoms with Gasteiger partial charge in [-0.2, -0.15) is 0 Å². The number of hydrogen-bond acceptors (Lipinski definition) is 8. The molecule has 2 aromatic carbocycles. The van der Waals surface area contributed by atoms with E-state index in [-0.39, 0.29) is 30.6 Å². The van der Waals surface area contributed by atoms with Crippen LogP contribution in [0, 0.1) is 19.8 Å². The number of anilines is 2. The molecule has 1 aliphatic heterocycles. The van der Waals surface area contributed by atoms with Crippen molar-refractivity contribution in [3.05, 3.63) is 71.1 Å². The van der Waals surface area contributed by atoms with E-state index in [0.717, 1.165) is 25.8 Å². The molecule has 3 aromatic rings. The van der Waals surface area contributed by atoms with Gasteiger partial charge in [0.2, 0.25) is 0 Å². The second-order valence-electron chi connectivity index (χ2n) is 12.5. The van der Waals surface area contributed by atoms with E-state index in [4.69, 9.17) is 14.0 Å². The lowest BCUT2D eigenvalue weighted by Gasteiger charge is -2.36. The van der Waals surface area contributed by atoms with E-state index in [0.29, 0.717) is 53.8 Å². The molecule has 4 atom stereocenters. The summed E-state index contributed by atoms with van der Waals surface area (Å²) in [6.07, 6.45) is 2.33. The number of carbonyl (C=O) groups is 2. The Morgan fingerprint density at radius 1 is 1.13 bits per heavy atom. The van der Waals surface area contributed by atoms with Gasteiger partial charge in [-0.25, -0.2) is 4.79 Å². The molecule has 1 aliphatic rings. The molecule has 1 aromatic heterocycles. The van der Waals surface area contributed by atoms with Crippen LogP contribution in [0.4, 0.5) is 16.2 Å². The minimum Gasteiger partial charge on any atom is -0.490 e. The third-order valence-corrected chi connectivity index (χ3v) is 8.37. The lowest BCUT2D eigenvalue weighted by molar-refractivity contribution is -0.0177. The zero-order valence-electron chi connectivity index (χ0n) is 27.9. The fourth-order valence-electron chi connectivity index (χ4n) is 5.67. The molecule has 250 valence electrons. The fraction of sp³-hybridized carbons (Fsp3) is 0.514. The summed E-state index contributed by atoms with van der Waals surface area (Å²) < 4.78 is 17.9. The monoisotopic (exact) mass is 635 g/mol. The average Bonchev–Trinajstić information content (AvgIpc) is 3.34. The van der Waals surface area contributed by atoms with Gasteiger partial charge in [-0.3, -0.25) is 9.69 Å². The first-order chi connectivity index (χ1) is 22.0. The van der Waals surface area contributed by atoms with Gasteiger partial charge in [-0.05, 0) is 77.8 Å². The molecule has 0 fully saturated rings. The predicted molar refractivity (Wildman–Crippen MR) is 178 cm³/mol. The number of fused-ring (bicyclic) bond motifs is 1. The maximum Gasteiger partial charge on any atom is 0.323 e. The molecule has 0 aliphatic carbocycles. The number of likely N-dealkylation sites (N-methyl/N-ethyl adjacent to an activating group) is 1. The molecule has 0 spiro atoms. The highest BCUT2D eigenvalue weighted by Crippen LogP contribution is 2.29. The smallest absolute Gasteiger partial charge is 0.323 e. The Hall–Kier alpha value is -3.93. The van der Waals surface area contributed by atoms with Crippen LogP contribution in [0.2, 0.25) is 0 Å². The van der Waals surface area contributed by atoms with Crippen LogP contribution in [0.5, 0.6) is 5.75 Å². The van der Waals surface area contributed by atoms with Gasteiger partial charge in [0.1, 0.15) is 17.1 Å². The number of aryl methyl sites for hydroxylation is 2. The summed E-state index contributed by atoms with van der Waals surface area (Å²) in [5.74, 6) is 0.596. The zero-order chi connectivity index (χ0) is 33.2. The number of ether oxygens (including phenoxy) is 2. The standard InChI is InChI=1S/C35H49N5O6/c1-23-19-40(24(2)22-41)34(42)30-18-29(36-35(43)37-33-26(4)38-46-27(33)5)15-16-31(30)45-25(3)12-10-11-17-44-32(23)21-39(6)20-28-13-8-7-9-14-28/h7-9,13-16,18,23-25,32,41H,10-12,17,19-22H2,1-6H3,(H2,36,37,43)/t23-,24+,25+,32+/m1/s1. The van der Waals surface area contributed by atoms with Crippen LogP contribution in [-0.2, 0) is 11.3 Å². The Bertz CT molecular complexity index is 1410. The number of aliphatic hydroxyl groups excluding tert-OH is 1. The third kappa shape index (κ3) is 9.54. The minimum atomic E-state index is -0.495. The molecule has 0 unspecified atom stereocenters. The number of carbonyl (C=O) groups excluding carboxylic acids is 2. The molecule has 0 bridgehead atoms. The minimum absolute atomic E-state index is 0.0375. The Kier molecular flexibility index (Phi) is 12.6. The molecular formula is C35H49N5O6. The number of benzene rings is 2. The molecule has 0 radical (unpaired) electrons. The van der Waals surface area contributed by atoms with E-state index in [1.165, 1.54) is 5.56 Å². The summed E-state index contributed by atoms with van der Waals surface area (Å²) >= 11 is 0. The van der Waals surface area contributed by atoms with Crippen LogP contribution in [0.3, 0.4) is 0 Å². The fourth-order valence-corrected chi connectivity index (χ4v) is 5.67. The summed E-state index contributed by atoms with van der Waals surface area (Å²) in [6.45, 7) is 11.6. The van der Waals surface area contributed by atoms with E-state index in [9.17, 15) is 14.7 Å². The van der Waals surface area contributed by atoms with E-state index in [2.05, 4.69) is 46.8 Å². The molecule has 4 rings (SSSR count). The molecule has 46 heavy (non-hydrogen) atoms. The van der Waals surface area contributed by atoms with Crippen LogP contribution < -0.4 is 15.4 Å². The van der Waals surface area contributed by atoms with Crippen molar-refractivity contribution >= 4 is 23.3 Å². The largest absolute Gasteiger partial charge is 0.490 e. The summed E-state index contributed by atoms with van der Waals surface area (Å²) in [5, 5.41) is 19.7. The molecule has 11 nitrogen and oxygen atoms in total. The summed E-state index contributed by atoms with van der Waals surface area (Å²) in [6, 6.07) is 14.4. The Labute approximate surface area is 272 Å². The highest BCUT2D eigenvalue weighted by Gasteiger charge is 2.30. The number of rotatable bonds is 8. The van der Waals surface area contributed by atoms with Gasteiger partial charge >= 0.3 is 6.03 Å². The molecule has 11 heteroatoms. The number of urea groups is 1. The lowest BCUT2D eigenvalue weighted by Crippen LogP contribution is -2.47. The van der Waals surface area contributed by atoms with E-state index >= 15 is 0 Å². The van der Waals surface area contributed by atoms with Gasteiger partial charge in [0.05, 0.1) is 30.4 Å². The van der Waals surface area contributed by atoms with Crippen molar-refractivity contribution < 1.29 is 28.7 Å². The molecule has 0 saturated heterocycles. The first kappa shape index (κ1) is 34.9. The van der Waals surface area contributed by atoms with Crippen molar-refractivity contribution in [2.75, 3.05) is 44.0 Å². The molecule has 2 heterocycles. The van der Waals surface area contributed by atoms with Crippen LogP contribution >= 0.6 is 0 Å². The summed E-state index contributed by atoms with van der Waals surface area (Å²) in [4.78, 5) is 31.2. The number of nitrogens with zero attached hydrogens (tertiary/aromatic N) is 3. The van der Waals surface area contributed by atoms with Gasteiger partial charge in [-0.1, -0.05) is 42.4 Å². The van der Waals surface area contributed by atoms with Crippen molar-refractivity contribution in [1.29, 1.82) is 0 Å². The van der Waals surface area contributed by atoms with Crippen LogP contribution in [0.15, 0.2) is 53.1 Å². The van der Waals surface area contributed by atoms with Gasteiger partial charge in [-0.15, -0.1) is 0 Å². The number of aromatic nitrogens is 1. The third-order valence-electron chi connectivity index (χ3n) is 8.37. The second-order valence-corrected chi connectivity index (χ2v) is 12.5. The van der Waals surface area contributed by atoms with Crippen molar-refractivity contribution in [2.24, 2.45) is 5.92 Å². The first-order valence-corrected chi connectivity index (χ1v) is 16.1. The van der Waals surface area contributed by atoms with Crippen LogP contribution in [-0.4, -0.2) is 83.6 Å². The second kappa shape index (κ2) is 16.6. The summed E-state index contributed by atoms with van der Waals surface area (Å²) in [7, 11) is 2.08. The Balaban J connectivity index is 1.60.